The molecule has 2 N–H and O–H groups in total. The number of pyridine rings is 2. The number of alkyl halides is 5. The minimum absolute atomic E-state index is 0.0730. The van der Waals surface area contributed by atoms with Gasteiger partial charge in [0.05, 0.1) is 35.1 Å². The minimum atomic E-state index is -4.77. The summed E-state index contributed by atoms with van der Waals surface area (Å²) >= 11 is 6.05. The van der Waals surface area contributed by atoms with Crippen LogP contribution in [0.2, 0.25) is 5.15 Å². The summed E-state index contributed by atoms with van der Waals surface area (Å²) in [6, 6.07) is 6.27. The third-order valence-corrected chi connectivity index (χ3v) is 9.97. The van der Waals surface area contributed by atoms with Crippen LogP contribution in [0.25, 0.3) is 11.3 Å². The van der Waals surface area contributed by atoms with Gasteiger partial charge in [0.15, 0.2) is 5.69 Å². The van der Waals surface area contributed by atoms with Crippen molar-refractivity contribution in [2.24, 2.45) is 5.41 Å². The summed E-state index contributed by atoms with van der Waals surface area (Å²) < 4.78 is 70.0. The second kappa shape index (κ2) is 13.2. The number of nitrogens with zero attached hydrogens (tertiary/aromatic N) is 7. The number of rotatable bonds is 11. The molecule has 1 saturated heterocycles. The molecule has 1 aliphatic heterocycles. The Balaban J connectivity index is 1.27. The van der Waals surface area contributed by atoms with Crippen LogP contribution < -0.4 is 5.32 Å². The highest BCUT2D eigenvalue weighted by atomic mass is 35.5. The Morgan fingerprint density at radius 1 is 1.12 bits per heavy atom. The lowest BCUT2D eigenvalue weighted by atomic mass is 9.96. The zero-order valence-corrected chi connectivity index (χ0v) is 29.8. The first-order valence-corrected chi connectivity index (χ1v) is 17.0. The smallest absolute Gasteiger partial charge is 0.384 e. The van der Waals surface area contributed by atoms with Crippen LogP contribution in [0.15, 0.2) is 48.9 Å². The third kappa shape index (κ3) is 7.40. The van der Waals surface area contributed by atoms with E-state index >= 15 is 0 Å². The Kier molecular flexibility index (Phi) is 9.48. The van der Waals surface area contributed by atoms with Crippen molar-refractivity contribution in [2.45, 2.75) is 96.3 Å². The third-order valence-electron chi connectivity index (χ3n) is 9.76. The number of carbonyl (C=O) groups is 2. The number of carbonyl (C=O) groups excluding carboxylic acids is 2. The molecule has 6 rings (SSSR count). The Morgan fingerprint density at radius 3 is 2.44 bits per heavy atom. The van der Waals surface area contributed by atoms with Gasteiger partial charge in [-0.2, -0.15) is 32.1 Å². The van der Waals surface area contributed by atoms with Crippen molar-refractivity contribution in [1.82, 2.24) is 39.7 Å². The van der Waals surface area contributed by atoms with Crippen molar-refractivity contribution >= 4 is 23.4 Å². The molecule has 0 bridgehead atoms. The minimum Gasteiger partial charge on any atom is -0.384 e. The van der Waals surface area contributed by atoms with Crippen LogP contribution in [0.3, 0.4) is 0 Å². The van der Waals surface area contributed by atoms with Crippen molar-refractivity contribution in [1.29, 1.82) is 0 Å². The van der Waals surface area contributed by atoms with Crippen LogP contribution in [0.1, 0.15) is 81.2 Å². The number of amides is 2. The van der Waals surface area contributed by atoms with Gasteiger partial charge in [-0.3, -0.25) is 19.3 Å². The Bertz CT molecular complexity index is 1990. The first-order valence-electron chi connectivity index (χ1n) is 16.6. The molecule has 4 aromatic rings. The van der Waals surface area contributed by atoms with E-state index in [0.717, 1.165) is 22.5 Å². The van der Waals surface area contributed by atoms with Gasteiger partial charge >= 0.3 is 12.7 Å². The number of aryl methyl sites for hydroxylation is 1. The average molecular weight is 749 g/mol. The average Bonchev–Trinajstić information content (AvgIpc) is 3.31. The van der Waals surface area contributed by atoms with Gasteiger partial charge in [0.2, 0.25) is 11.8 Å². The van der Waals surface area contributed by atoms with Crippen LogP contribution in [0.4, 0.5) is 22.0 Å². The van der Waals surface area contributed by atoms with Gasteiger partial charge in [0.1, 0.15) is 16.8 Å². The Labute approximate surface area is 301 Å². The summed E-state index contributed by atoms with van der Waals surface area (Å²) in [5, 5.41) is 21.0. The molecule has 11 nitrogen and oxygen atoms in total. The lowest BCUT2D eigenvalue weighted by Crippen LogP contribution is -2.56. The molecule has 17 heteroatoms. The summed E-state index contributed by atoms with van der Waals surface area (Å²) in [4.78, 5) is 38.4. The van der Waals surface area contributed by atoms with Crippen molar-refractivity contribution in [3.8, 4) is 11.3 Å². The van der Waals surface area contributed by atoms with Gasteiger partial charge in [-0.1, -0.05) is 17.7 Å². The van der Waals surface area contributed by atoms with Crippen molar-refractivity contribution in [3.05, 3.63) is 82.3 Å². The normalized spacial score (nSPS) is 19.9. The summed E-state index contributed by atoms with van der Waals surface area (Å²) in [7, 11) is 0. The molecular formula is C35H38ClF5N8O3. The predicted octanol–water partition coefficient (Wildman–Crippen LogP) is 6.05. The van der Waals surface area contributed by atoms with E-state index in [9.17, 15) is 36.6 Å². The lowest BCUT2D eigenvalue weighted by Gasteiger charge is -2.33. The van der Waals surface area contributed by atoms with E-state index in [1.165, 1.54) is 43.3 Å². The van der Waals surface area contributed by atoms with E-state index in [1.807, 2.05) is 13.0 Å². The number of halogens is 6. The molecule has 278 valence electrons. The highest BCUT2D eigenvalue weighted by Crippen LogP contribution is 2.65. The monoisotopic (exact) mass is 748 g/mol. The number of aliphatic hydroxyl groups is 1. The molecule has 1 aliphatic carbocycles. The predicted molar refractivity (Wildman–Crippen MR) is 179 cm³/mol. The molecule has 0 radical (unpaired) electrons. The SMILES string of the molecule is Cc1nc(Cl)ccc1[C@H]1C[C@@]12CCN([C@H](Cc1cnn(C(F)F)c1)C(=O)NC(C)(C)Cn1nc(C(F)(F)F)cc1-c1ccc(C(C)(C)O)nc1)C2=O. The highest BCUT2D eigenvalue weighted by molar-refractivity contribution is 6.29. The summed E-state index contributed by atoms with van der Waals surface area (Å²) in [6.45, 7) is 5.16. The fourth-order valence-electron chi connectivity index (χ4n) is 7.05. The first-order chi connectivity index (χ1) is 24.2. The van der Waals surface area contributed by atoms with Crippen LogP contribution in [-0.4, -0.2) is 69.5 Å². The quantitative estimate of drug-likeness (QED) is 0.141. The Morgan fingerprint density at radius 2 is 1.85 bits per heavy atom. The second-order valence-corrected chi connectivity index (χ2v) is 15.1. The molecule has 2 aliphatic rings. The van der Waals surface area contributed by atoms with E-state index in [1.54, 1.807) is 19.9 Å². The molecule has 1 spiro atoms. The molecule has 0 unspecified atom stereocenters. The number of likely N-dealkylation sites (tertiary alicyclic amines) is 1. The van der Waals surface area contributed by atoms with Gasteiger partial charge in [-0.05, 0) is 82.9 Å². The van der Waals surface area contributed by atoms with Crippen LogP contribution in [-0.2, 0) is 34.3 Å². The summed E-state index contributed by atoms with van der Waals surface area (Å²) in [6.07, 6.45) is -0.237. The van der Waals surface area contributed by atoms with Crippen LogP contribution >= 0.6 is 11.6 Å². The number of hydrogen-bond donors (Lipinski definition) is 2. The molecule has 1 saturated carbocycles. The number of hydrogen-bond acceptors (Lipinski definition) is 7. The molecular weight excluding hydrogens is 711 g/mol. The van der Waals surface area contributed by atoms with Crippen molar-refractivity contribution in [2.75, 3.05) is 6.54 Å². The maximum Gasteiger partial charge on any atom is 0.435 e. The first kappa shape index (κ1) is 37.3. The van der Waals surface area contributed by atoms with Gasteiger partial charge in [0, 0.05) is 42.5 Å². The maximum atomic E-state index is 14.2. The fourth-order valence-corrected chi connectivity index (χ4v) is 7.24. The van der Waals surface area contributed by atoms with Crippen molar-refractivity contribution in [3.63, 3.8) is 0 Å². The Hall–Kier alpha value is -4.44. The zero-order chi connectivity index (χ0) is 38.0. The largest absolute Gasteiger partial charge is 0.435 e. The van der Waals surface area contributed by atoms with E-state index in [2.05, 4.69) is 25.5 Å². The second-order valence-electron chi connectivity index (χ2n) is 14.7. The van der Waals surface area contributed by atoms with Gasteiger partial charge in [0.25, 0.3) is 0 Å². The summed E-state index contributed by atoms with van der Waals surface area (Å²) in [5.41, 5.74) is -1.85. The molecule has 2 fully saturated rings. The fraction of sp³-hybridized carbons (Fsp3) is 0.486. The van der Waals surface area contributed by atoms with E-state index < -0.39 is 46.9 Å². The van der Waals surface area contributed by atoms with Crippen LogP contribution in [0, 0.1) is 12.3 Å². The standard InChI is InChI=1S/C35H38ClF5N8O3/c1-19-22(7-9-28(36)44-19)23-14-34(23)10-11-47(30(34)51)25(12-20-15-43-48(17-20)31(37)38)29(50)45-32(2,3)18-49-24(13-27(46-49)35(39,40)41)21-6-8-26(42-16-21)33(4,5)52/h6-9,13,15-17,23,25,31,52H,10-12,14,18H2,1-5H3,(H,45,50)/t23-,25-,34+/m1/s1. The molecule has 3 atom stereocenters. The van der Waals surface area contributed by atoms with Crippen molar-refractivity contribution < 1.29 is 36.6 Å². The van der Waals surface area contributed by atoms with E-state index in [0.29, 0.717) is 45.2 Å². The molecule has 5 heterocycles. The number of aromatic nitrogens is 6. The van der Waals surface area contributed by atoms with Crippen LogP contribution in [0.5, 0.6) is 0 Å². The lowest BCUT2D eigenvalue weighted by molar-refractivity contribution is -0.141. The summed E-state index contributed by atoms with van der Waals surface area (Å²) in [5.74, 6) is -1.01. The van der Waals surface area contributed by atoms with Gasteiger partial charge < -0.3 is 15.3 Å². The van der Waals surface area contributed by atoms with Gasteiger partial charge in [-0.15, -0.1) is 0 Å². The molecule has 0 aromatic carbocycles. The molecule has 4 aromatic heterocycles. The molecule has 2 amide bonds. The highest BCUT2D eigenvalue weighted by Gasteiger charge is 2.65. The van der Waals surface area contributed by atoms with E-state index in [-0.39, 0.29) is 37.0 Å². The maximum absolute atomic E-state index is 14.2. The topological polar surface area (TPSA) is 131 Å². The number of nitrogens with one attached hydrogen (secondary N) is 1. The molecule has 52 heavy (non-hydrogen) atoms. The van der Waals surface area contributed by atoms with E-state index in [4.69, 9.17) is 11.6 Å². The zero-order valence-electron chi connectivity index (χ0n) is 29.0. The van der Waals surface area contributed by atoms with Gasteiger partial charge in [-0.25, -0.2) is 9.67 Å².